The van der Waals surface area contributed by atoms with Crippen molar-refractivity contribution in [2.24, 2.45) is 0 Å². The van der Waals surface area contributed by atoms with Crippen LogP contribution in [0.4, 0.5) is 5.69 Å². The molecule has 1 aliphatic carbocycles. The van der Waals surface area contributed by atoms with Gasteiger partial charge in [0.15, 0.2) is 0 Å². The average Bonchev–Trinajstić information content (AvgIpc) is 3.42. The monoisotopic (exact) mass is 451 g/mol. The van der Waals surface area contributed by atoms with Crippen molar-refractivity contribution in [1.29, 1.82) is 0 Å². The minimum Gasteiger partial charge on any atom is -0.497 e. The molecule has 0 saturated heterocycles. The van der Waals surface area contributed by atoms with E-state index in [4.69, 9.17) is 16.3 Å². The Labute approximate surface area is 192 Å². The van der Waals surface area contributed by atoms with Gasteiger partial charge in [-0.05, 0) is 62.2 Å². The number of amides is 2. The SMILES string of the molecule is COc1ccc2cc3n(c2c1)C[C@](C)(C(=O)NC1CCCC1)N(c1ccc(Cl)cc1)C3=O. The zero-order valence-corrected chi connectivity index (χ0v) is 19.0. The van der Waals surface area contributed by atoms with Gasteiger partial charge >= 0.3 is 0 Å². The number of nitrogens with zero attached hydrogens (tertiary/aromatic N) is 2. The van der Waals surface area contributed by atoms with Crippen LogP contribution in [0.1, 0.15) is 43.1 Å². The first-order chi connectivity index (χ1) is 15.4. The summed E-state index contributed by atoms with van der Waals surface area (Å²) in [6.45, 7) is 2.19. The van der Waals surface area contributed by atoms with Gasteiger partial charge in [-0.2, -0.15) is 0 Å². The quantitative estimate of drug-likeness (QED) is 0.620. The van der Waals surface area contributed by atoms with Gasteiger partial charge in [-0.1, -0.05) is 24.4 Å². The maximum absolute atomic E-state index is 13.8. The van der Waals surface area contributed by atoms with Crippen molar-refractivity contribution < 1.29 is 14.3 Å². The molecule has 2 heterocycles. The van der Waals surface area contributed by atoms with E-state index in [1.807, 2.05) is 35.8 Å². The highest BCUT2D eigenvalue weighted by molar-refractivity contribution is 6.30. The molecular weight excluding hydrogens is 426 g/mol. The molecule has 2 aliphatic rings. The van der Waals surface area contributed by atoms with E-state index in [-0.39, 0.29) is 17.9 Å². The van der Waals surface area contributed by atoms with E-state index in [2.05, 4.69) is 5.32 Å². The molecule has 32 heavy (non-hydrogen) atoms. The molecule has 0 unspecified atom stereocenters. The van der Waals surface area contributed by atoms with E-state index in [9.17, 15) is 9.59 Å². The number of nitrogens with one attached hydrogen (secondary N) is 1. The molecule has 5 rings (SSSR count). The highest BCUT2D eigenvalue weighted by Gasteiger charge is 2.49. The van der Waals surface area contributed by atoms with Gasteiger partial charge in [-0.3, -0.25) is 14.5 Å². The molecule has 1 N–H and O–H groups in total. The number of fused-ring (bicyclic) bond motifs is 3. The van der Waals surface area contributed by atoms with Crippen LogP contribution in [0.25, 0.3) is 10.9 Å². The minimum absolute atomic E-state index is 0.136. The summed E-state index contributed by atoms with van der Waals surface area (Å²) in [4.78, 5) is 29.2. The maximum Gasteiger partial charge on any atom is 0.275 e. The molecule has 1 saturated carbocycles. The van der Waals surface area contributed by atoms with Crippen LogP contribution in [0, 0.1) is 0 Å². The fourth-order valence-corrected chi connectivity index (χ4v) is 5.13. The minimum atomic E-state index is -1.10. The lowest BCUT2D eigenvalue weighted by molar-refractivity contribution is -0.127. The van der Waals surface area contributed by atoms with E-state index in [0.29, 0.717) is 28.7 Å². The summed E-state index contributed by atoms with van der Waals surface area (Å²) in [5.74, 6) is 0.365. The van der Waals surface area contributed by atoms with Crippen molar-refractivity contribution in [3.63, 3.8) is 0 Å². The predicted molar refractivity (Wildman–Crippen MR) is 126 cm³/mol. The summed E-state index contributed by atoms with van der Waals surface area (Å²) in [7, 11) is 1.62. The molecule has 7 heteroatoms. The Hall–Kier alpha value is -2.99. The third kappa shape index (κ3) is 3.34. The van der Waals surface area contributed by atoms with Crippen LogP contribution < -0.4 is 15.0 Å². The summed E-state index contributed by atoms with van der Waals surface area (Å²) in [6.07, 6.45) is 4.19. The summed E-state index contributed by atoms with van der Waals surface area (Å²) < 4.78 is 7.34. The van der Waals surface area contributed by atoms with E-state index in [1.165, 1.54) is 0 Å². The van der Waals surface area contributed by atoms with E-state index < -0.39 is 5.54 Å². The summed E-state index contributed by atoms with van der Waals surface area (Å²) in [5.41, 5.74) is 0.977. The molecule has 1 aromatic heterocycles. The number of rotatable bonds is 4. The van der Waals surface area contributed by atoms with E-state index >= 15 is 0 Å². The first-order valence-corrected chi connectivity index (χ1v) is 11.4. The second-order valence-electron chi connectivity index (χ2n) is 8.89. The van der Waals surface area contributed by atoms with Gasteiger partial charge in [-0.15, -0.1) is 0 Å². The first kappa shape index (κ1) is 20.9. The number of benzene rings is 2. The Morgan fingerprint density at radius 3 is 2.53 bits per heavy atom. The van der Waals surface area contributed by atoms with Crippen molar-refractivity contribution in [2.75, 3.05) is 12.0 Å². The summed E-state index contributed by atoms with van der Waals surface area (Å²) in [5, 5.41) is 4.73. The number of hydrogen-bond donors (Lipinski definition) is 1. The lowest BCUT2D eigenvalue weighted by Gasteiger charge is -2.44. The van der Waals surface area contributed by atoms with Gasteiger partial charge in [0.1, 0.15) is 17.0 Å². The molecule has 3 aromatic rings. The Morgan fingerprint density at radius 2 is 1.84 bits per heavy atom. The maximum atomic E-state index is 13.8. The van der Waals surface area contributed by atoms with Crippen molar-refractivity contribution in [2.45, 2.75) is 50.7 Å². The van der Waals surface area contributed by atoms with E-state index in [1.54, 1.807) is 36.3 Å². The second kappa shape index (κ2) is 7.85. The van der Waals surface area contributed by atoms with Gasteiger partial charge < -0.3 is 14.6 Å². The molecule has 1 atom stereocenters. The van der Waals surface area contributed by atoms with Crippen LogP contribution in [0.3, 0.4) is 0 Å². The van der Waals surface area contributed by atoms with Crippen molar-refractivity contribution in [3.8, 4) is 5.75 Å². The van der Waals surface area contributed by atoms with Crippen LogP contribution in [-0.2, 0) is 11.3 Å². The molecule has 2 aromatic carbocycles. The molecule has 2 amide bonds. The molecule has 166 valence electrons. The molecule has 0 bridgehead atoms. The molecule has 0 radical (unpaired) electrons. The van der Waals surface area contributed by atoms with Crippen LogP contribution in [0.5, 0.6) is 5.75 Å². The first-order valence-electron chi connectivity index (χ1n) is 11.0. The van der Waals surface area contributed by atoms with Gasteiger partial charge in [-0.25, -0.2) is 0 Å². The Balaban J connectivity index is 1.64. The zero-order chi connectivity index (χ0) is 22.5. The number of aromatic nitrogens is 1. The molecule has 1 fully saturated rings. The number of ether oxygens (including phenoxy) is 1. The van der Waals surface area contributed by atoms with Crippen molar-refractivity contribution in [1.82, 2.24) is 9.88 Å². The Morgan fingerprint density at radius 1 is 1.12 bits per heavy atom. The topological polar surface area (TPSA) is 63.6 Å². The van der Waals surface area contributed by atoms with Gasteiger partial charge in [0.05, 0.1) is 19.2 Å². The number of carbonyl (C=O) groups excluding carboxylic acids is 2. The van der Waals surface area contributed by atoms with Crippen LogP contribution in [-0.4, -0.2) is 35.1 Å². The number of halogens is 1. The van der Waals surface area contributed by atoms with Crippen LogP contribution in [0.2, 0.25) is 5.02 Å². The summed E-state index contributed by atoms with van der Waals surface area (Å²) >= 11 is 6.10. The van der Waals surface area contributed by atoms with Crippen LogP contribution >= 0.6 is 11.6 Å². The van der Waals surface area contributed by atoms with Crippen molar-refractivity contribution >= 4 is 40.0 Å². The van der Waals surface area contributed by atoms with Gasteiger partial charge in [0.25, 0.3) is 5.91 Å². The largest absolute Gasteiger partial charge is 0.497 e. The van der Waals surface area contributed by atoms with Crippen molar-refractivity contribution in [3.05, 3.63) is 59.2 Å². The molecular formula is C25H26ClN3O3. The molecule has 1 aliphatic heterocycles. The Kier molecular flexibility index (Phi) is 5.13. The fourth-order valence-electron chi connectivity index (χ4n) is 5.00. The van der Waals surface area contributed by atoms with Gasteiger partial charge in [0.2, 0.25) is 5.91 Å². The predicted octanol–water partition coefficient (Wildman–Crippen LogP) is 4.78. The normalized spacial score (nSPS) is 21.1. The molecule has 6 nitrogen and oxygen atoms in total. The highest BCUT2D eigenvalue weighted by atomic mass is 35.5. The number of hydrogen-bond acceptors (Lipinski definition) is 3. The second-order valence-corrected chi connectivity index (χ2v) is 9.32. The average molecular weight is 452 g/mol. The number of methoxy groups -OCH3 is 1. The lowest BCUT2D eigenvalue weighted by atomic mass is 9.93. The van der Waals surface area contributed by atoms with Gasteiger partial charge in [0, 0.05) is 28.2 Å². The third-order valence-electron chi connectivity index (χ3n) is 6.76. The van der Waals surface area contributed by atoms with E-state index in [0.717, 1.165) is 36.6 Å². The van der Waals surface area contributed by atoms with Crippen LogP contribution in [0.15, 0.2) is 48.5 Å². The standard InChI is InChI=1S/C25H26ClN3O3/c1-25(24(31)27-18-5-3-4-6-18)15-28-21-14-20(32-2)12-7-16(21)13-22(28)23(30)29(25)19-10-8-17(26)9-11-19/h7-14,18H,3-6,15H2,1-2H3,(H,27,31)/t25-/m1/s1. The molecule has 0 spiro atoms. The summed E-state index contributed by atoms with van der Waals surface area (Å²) in [6, 6.07) is 14.9. The highest BCUT2D eigenvalue weighted by Crippen LogP contribution is 2.37. The lowest BCUT2D eigenvalue weighted by Crippen LogP contribution is -2.65. The smallest absolute Gasteiger partial charge is 0.275 e. The Bertz CT molecular complexity index is 1200. The fraction of sp³-hybridized carbons (Fsp3) is 0.360. The number of carbonyl (C=O) groups is 2. The number of anilines is 1. The third-order valence-corrected chi connectivity index (χ3v) is 7.01. The zero-order valence-electron chi connectivity index (χ0n) is 18.2.